The standard InChI is InChI=1S/C16H12N2O5S/c19-16(13-7-20-11-3-1-2-4-12(11)22-13)21-8-14-17-15(18-23-14)10-5-6-24-9-10/h1-6,9,13H,7-8H2/t13-/m1/s1. The van der Waals surface area contributed by atoms with Gasteiger partial charge < -0.3 is 18.7 Å². The summed E-state index contributed by atoms with van der Waals surface area (Å²) >= 11 is 1.54. The SMILES string of the molecule is O=C(OCc1nc(-c2ccsc2)no1)[C@H]1COc2ccccc2O1. The zero-order chi connectivity index (χ0) is 16.4. The van der Waals surface area contributed by atoms with Gasteiger partial charge in [0.25, 0.3) is 5.89 Å². The number of rotatable bonds is 4. The Balaban J connectivity index is 1.36. The van der Waals surface area contributed by atoms with Crippen LogP contribution in [0.25, 0.3) is 11.4 Å². The molecule has 0 fully saturated rings. The summed E-state index contributed by atoms with van der Waals surface area (Å²) in [5, 5.41) is 7.68. The summed E-state index contributed by atoms with van der Waals surface area (Å²) in [5.41, 5.74) is 0.863. The van der Waals surface area contributed by atoms with Crippen LogP contribution in [0.5, 0.6) is 11.5 Å². The summed E-state index contributed by atoms with van der Waals surface area (Å²) in [7, 11) is 0. The number of aromatic nitrogens is 2. The molecule has 0 spiro atoms. The Morgan fingerprint density at radius 3 is 3.00 bits per heavy atom. The molecule has 8 heteroatoms. The third-order valence-corrected chi connectivity index (χ3v) is 4.04. The minimum Gasteiger partial charge on any atom is -0.485 e. The Kier molecular flexibility index (Phi) is 3.87. The highest BCUT2D eigenvalue weighted by Crippen LogP contribution is 2.31. The van der Waals surface area contributed by atoms with E-state index in [9.17, 15) is 4.79 Å². The minimum absolute atomic E-state index is 0.0971. The number of para-hydroxylation sites is 2. The molecular weight excluding hydrogens is 332 g/mol. The summed E-state index contributed by atoms with van der Waals surface area (Å²) < 4.78 is 21.3. The van der Waals surface area contributed by atoms with Crippen molar-refractivity contribution in [1.82, 2.24) is 10.1 Å². The predicted molar refractivity (Wildman–Crippen MR) is 83.8 cm³/mol. The van der Waals surface area contributed by atoms with Gasteiger partial charge in [-0.1, -0.05) is 17.3 Å². The van der Waals surface area contributed by atoms with Crippen LogP contribution in [0.15, 0.2) is 45.6 Å². The van der Waals surface area contributed by atoms with Crippen molar-refractivity contribution in [3.63, 3.8) is 0 Å². The molecule has 0 bridgehead atoms. The number of carbonyl (C=O) groups excluding carboxylic acids is 1. The molecule has 0 radical (unpaired) electrons. The molecule has 122 valence electrons. The summed E-state index contributed by atoms with van der Waals surface area (Å²) in [4.78, 5) is 16.3. The highest BCUT2D eigenvalue weighted by Gasteiger charge is 2.29. The first-order chi connectivity index (χ1) is 11.8. The minimum atomic E-state index is -0.820. The third-order valence-electron chi connectivity index (χ3n) is 3.36. The fraction of sp³-hybridized carbons (Fsp3) is 0.188. The molecule has 7 nitrogen and oxygen atoms in total. The van der Waals surface area contributed by atoms with Crippen molar-refractivity contribution >= 4 is 17.3 Å². The Morgan fingerprint density at radius 1 is 1.29 bits per heavy atom. The van der Waals surface area contributed by atoms with E-state index < -0.39 is 12.1 Å². The number of carbonyl (C=O) groups is 1. The normalized spacial score (nSPS) is 15.9. The van der Waals surface area contributed by atoms with Crippen molar-refractivity contribution < 1.29 is 23.5 Å². The van der Waals surface area contributed by atoms with Crippen LogP contribution in [0.1, 0.15) is 5.89 Å². The first kappa shape index (κ1) is 14.7. The molecule has 4 rings (SSSR count). The van der Waals surface area contributed by atoms with Crippen LogP contribution >= 0.6 is 11.3 Å². The van der Waals surface area contributed by atoms with Gasteiger partial charge in [-0.25, -0.2) is 4.79 Å². The van der Waals surface area contributed by atoms with Crippen LogP contribution in [-0.2, 0) is 16.1 Å². The van der Waals surface area contributed by atoms with Crippen molar-refractivity contribution in [2.45, 2.75) is 12.7 Å². The average Bonchev–Trinajstić information content (AvgIpc) is 3.30. The molecule has 2 aromatic heterocycles. The van der Waals surface area contributed by atoms with E-state index in [1.54, 1.807) is 18.2 Å². The van der Waals surface area contributed by atoms with Crippen LogP contribution in [-0.4, -0.2) is 28.8 Å². The molecule has 1 aliphatic rings. The lowest BCUT2D eigenvalue weighted by Gasteiger charge is -2.24. The maximum Gasteiger partial charge on any atom is 0.351 e. The zero-order valence-electron chi connectivity index (χ0n) is 12.4. The fourth-order valence-electron chi connectivity index (χ4n) is 2.18. The predicted octanol–water partition coefficient (Wildman–Crippen LogP) is 2.68. The van der Waals surface area contributed by atoms with Crippen LogP contribution in [0.2, 0.25) is 0 Å². The first-order valence-electron chi connectivity index (χ1n) is 7.20. The fourth-order valence-corrected chi connectivity index (χ4v) is 2.82. The quantitative estimate of drug-likeness (QED) is 0.673. The van der Waals surface area contributed by atoms with Gasteiger partial charge in [-0.15, -0.1) is 0 Å². The Hall–Kier alpha value is -2.87. The van der Waals surface area contributed by atoms with Gasteiger partial charge in [0.05, 0.1) is 0 Å². The van der Waals surface area contributed by atoms with E-state index in [4.69, 9.17) is 18.7 Å². The van der Waals surface area contributed by atoms with Gasteiger partial charge in [-0.3, -0.25) is 0 Å². The van der Waals surface area contributed by atoms with Crippen LogP contribution in [0, 0.1) is 0 Å². The number of hydrogen-bond acceptors (Lipinski definition) is 8. The van der Waals surface area contributed by atoms with Crippen LogP contribution in [0.3, 0.4) is 0 Å². The summed E-state index contributed by atoms with van der Waals surface area (Å²) in [6.07, 6.45) is -0.820. The highest BCUT2D eigenvalue weighted by molar-refractivity contribution is 7.08. The lowest BCUT2D eigenvalue weighted by atomic mass is 10.2. The number of esters is 1. The van der Waals surface area contributed by atoms with Gasteiger partial charge in [0.1, 0.15) is 6.61 Å². The van der Waals surface area contributed by atoms with E-state index in [-0.39, 0.29) is 19.1 Å². The number of ether oxygens (including phenoxy) is 3. The van der Waals surface area contributed by atoms with E-state index in [1.165, 1.54) is 11.3 Å². The van der Waals surface area contributed by atoms with Crippen molar-refractivity contribution in [1.29, 1.82) is 0 Å². The highest BCUT2D eigenvalue weighted by atomic mass is 32.1. The van der Waals surface area contributed by atoms with E-state index in [0.29, 0.717) is 17.3 Å². The van der Waals surface area contributed by atoms with Crippen LogP contribution < -0.4 is 9.47 Å². The molecular formula is C16H12N2O5S. The van der Waals surface area contributed by atoms with E-state index in [0.717, 1.165) is 5.56 Å². The monoisotopic (exact) mass is 344 g/mol. The second-order valence-corrected chi connectivity index (χ2v) is 5.78. The maximum atomic E-state index is 12.1. The molecule has 0 aliphatic carbocycles. The number of fused-ring (bicyclic) bond motifs is 1. The van der Waals surface area contributed by atoms with Crippen molar-refractivity contribution in [2.75, 3.05) is 6.61 Å². The number of hydrogen-bond donors (Lipinski definition) is 0. The molecule has 1 atom stereocenters. The lowest BCUT2D eigenvalue weighted by molar-refractivity contribution is -0.156. The van der Waals surface area contributed by atoms with E-state index in [2.05, 4.69) is 10.1 Å². The largest absolute Gasteiger partial charge is 0.485 e. The number of nitrogens with zero attached hydrogens (tertiary/aromatic N) is 2. The van der Waals surface area contributed by atoms with Crippen molar-refractivity contribution in [3.8, 4) is 22.9 Å². The molecule has 1 aliphatic heterocycles. The molecule has 0 saturated heterocycles. The topological polar surface area (TPSA) is 83.7 Å². The number of benzene rings is 1. The van der Waals surface area contributed by atoms with Crippen LogP contribution in [0.4, 0.5) is 0 Å². The van der Waals surface area contributed by atoms with E-state index in [1.807, 2.05) is 22.9 Å². The first-order valence-corrected chi connectivity index (χ1v) is 8.14. The van der Waals surface area contributed by atoms with E-state index >= 15 is 0 Å². The molecule has 0 saturated carbocycles. The molecule has 0 amide bonds. The molecule has 0 N–H and O–H groups in total. The molecule has 3 aromatic rings. The molecule has 0 unspecified atom stereocenters. The zero-order valence-corrected chi connectivity index (χ0v) is 13.2. The maximum absolute atomic E-state index is 12.1. The second kappa shape index (κ2) is 6.32. The Bertz CT molecular complexity index is 846. The number of thiophene rings is 1. The van der Waals surface area contributed by atoms with Crippen molar-refractivity contribution in [2.24, 2.45) is 0 Å². The van der Waals surface area contributed by atoms with Gasteiger partial charge in [0.2, 0.25) is 11.9 Å². The molecule has 1 aromatic carbocycles. The average molecular weight is 344 g/mol. The third kappa shape index (κ3) is 2.95. The lowest BCUT2D eigenvalue weighted by Crippen LogP contribution is -2.37. The van der Waals surface area contributed by atoms with Gasteiger partial charge in [0, 0.05) is 10.9 Å². The summed E-state index contributed by atoms with van der Waals surface area (Å²) in [5.74, 6) is 1.28. The van der Waals surface area contributed by atoms with Gasteiger partial charge in [-0.05, 0) is 23.6 Å². The van der Waals surface area contributed by atoms with Crippen molar-refractivity contribution in [3.05, 3.63) is 47.0 Å². The van der Waals surface area contributed by atoms with Gasteiger partial charge in [0.15, 0.2) is 18.1 Å². The molecule has 3 heterocycles. The second-order valence-electron chi connectivity index (χ2n) is 5.00. The summed E-state index contributed by atoms with van der Waals surface area (Å²) in [6, 6.07) is 9.04. The van der Waals surface area contributed by atoms with Gasteiger partial charge in [-0.2, -0.15) is 16.3 Å². The summed E-state index contributed by atoms with van der Waals surface area (Å²) in [6.45, 7) is -0.0166. The van der Waals surface area contributed by atoms with Gasteiger partial charge >= 0.3 is 5.97 Å². The Morgan fingerprint density at radius 2 is 2.17 bits per heavy atom. The molecule has 24 heavy (non-hydrogen) atoms. The Labute approximate surface area is 140 Å². The smallest absolute Gasteiger partial charge is 0.351 e.